The van der Waals surface area contributed by atoms with E-state index in [2.05, 4.69) is 4.98 Å². The molecule has 7 heteroatoms. The first kappa shape index (κ1) is 13.9. The number of hydrogen-bond donors (Lipinski definition) is 0. The van der Waals surface area contributed by atoms with Crippen molar-refractivity contribution in [2.24, 2.45) is 0 Å². The minimum absolute atomic E-state index is 0.0338. The van der Waals surface area contributed by atoms with Gasteiger partial charge in [-0.15, -0.1) is 0 Å². The average molecular weight is 310 g/mol. The Balaban J connectivity index is 1.66. The minimum Gasteiger partial charge on any atom is -0.484 e. The van der Waals surface area contributed by atoms with Crippen LogP contribution in [0, 0.1) is 5.82 Å². The number of ether oxygens (including phenoxy) is 1. The van der Waals surface area contributed by atoms with Crippen molar-refractivity contribution in [2.45, 2.75) is 13.0 Å². The van der Waals surface area contributed by atoms with Crippen molar-refractivity contribution in [3.63, 3.8) is 0 Å². The Morgan fingerprint density at radius 3 is 3.10 bits per heavy atom. The summed E-state index contributed by atoms with van der Waals surface area (Å²) in [5, 5.41) is -0.0338. The third-order valence-electron chi connectivity index (χ3n) is 3.27. The van der Waals surface area contributed by atoms with Gasteiger partial charge in [0.25, 0.3) is 5.91 Å². The van der Waals surface area contributed by atoms with Crippen molar-refractivity contribution < 1.29 is 13.9 Å². The molecule has 21 heavy (non-hydrogen) atoms. The number of imidazole rings is 1. The Morgan fingerprint density at radius 2 is 2.29 bits per heavy atom. The van der Waals surface area contributed by atoms with Gasteiger partial charge in [-0.2, -0.15) is 0 Å². The number of carbonyl (C=O) groups excluding carboxylic acids is 1. The van der Waals surface area contributed by atoms with Crippen LogP contribution in [0.1, 0.15) is 6.42 Å². The molecule has 0 spiro atoms. The summed E-state index contributed by atoms with van der Waals surface area (Å²) < 4.78 is 20.3. The van der Waals surface area contributed by atoms with Crippen LogP contribution in [0.5, 0.6) is 5.75 Å². The molecule has 2 heterocycles. The Hall–Kier alpha value is -2.08. The number of benzene rings is 1. The number of anilines is 1. The molecule has 0 saturated carbocycles. The molecule has 0 radical (unpaired) electrons. The number of hydrogen-bond acceptors (Lipinski definition) is 3. The molecule has 1 aliphatic rings. The van der Waals surface area contributed by atoms with E-state index in [-0.39, 0.29) is 17.5 Å². The van der Waals surface area contributed by atoms with E-state index >= 15 is 0 Å². The maximum Gasteiger partial charge on any atom is 0.267 e. The van der Waals surface area contributed by atoms with Gasteiger partial charge in [-0.25, -0.2) is 9.37 Å². The first-order valence-corrected chi connectivity index (χ1v) is 6.92. The molecule has 1 amide bonds. The summed E-state index contributed by atoms with van der Waals surface area (Å²) >= 11 is 5.67. The van der Waals surface area contributed by atoms with E-state index in [0.29, 0.717) is 18.2 Å². The van der Waals surface area contributed by atoms with E-state index in [4.69, 9.17) is 16.3 Å². The summed E-state index contributed by atoms with van der Waals surface area (Å²) in [4.78, 5) is 18.0. The molecule has 5 nitrogen and oxygen atoms in total. The van der Waals surface area contributed by atoms with Gasteiger partial charge in [0.05, 0.1) is 5.02 Å². The van der Waals surface area contributed by atoms with Crippen LogP contribution >= 0.6 is 11.6 Å². The van der Waals surface area contributed by atoms with Gasteiger partial charge >= 0.3 is 0 Å². The molecule has 0 bridgehead atoms. The van der Waals surface area contributed by atoms with Gasteiger partial charge in [0.1, 0.15) is 11.6 Å². The predicted molar refractivity (Wildman–Crippen MR) is 76.1 cm³/mol. The zero-order valence-corrected chi connectivity index (χ0v) is 11.9. The quantitative estimate of drug-likeness (QED) is 0.875. The van der Waals surface area contributed by atoms with E-state index in [1.165, 1.54) is 18.2 Å². The Labute approximate surface area is 125 Å². The Bertz CT molecular complexity index is 674. The van der Waals surface area contributed by atoms with Crippen LogP contribution < -0.4 is 9.64 Å². The largest absolute Gasteiger partial charge is 0.484 e. The number of nitrogens with zero attached hydrogens (tertiary/aromatic N) is 3. The van der Waals surface area contributed by atoms with Crippen molar-refractivity contribution in [2.75, 3.05) is 18.1 Å². The van der Waals surface area contributed by atoms with Crippen molar-refractivity contribution in [1.82, 2.24) is 9.55 Å². The summed E-state index contributed by atoms with van der Waals surface area (Å²) in [6.07, 6.45) is 4.38. The van der Waals surface area contributed by atoms with Crippen LogP contribution in [-0.2, 0) is 11.3 Å². The third-order valence-corrected chi connectivity index (χ3v) is 3.56. The monoisotopic (exact) mass is 309 g/mol. The predicted octanol–water partition coefficient (Wildman–Crippen LogP) is 2.49. The van der Waals surface area contributed by atoms with Crippen LogP contribution in [0.4, 0.5) is 10.3 Å². The van der Waals surface area contributed by atoms with Crippen LogP contribution in [-0.4, -0.2) is 28.6 Å². The molecular formula is C14H13ClFN3O2. The molecule has 2 aromatic rings. The highest BCUT2D eigenvalue weighted by Gasteiger charge is 2.23. The number of amides is 1. The number of aromatic nitrogens is 2. The SMILES string of the molecule is O=C(COc1ccc(F)c(Cl)c1)N1CCCn2ccnc21. The highest BCUT2D eigenvalue weighted by Crippen LogP contribution is 2.22. The van der Waals surface area contributed by atoms with Gasteiger partial charge in [-0.1, -0.05) is 11.6 Å². The van der Waals surface area contributed by atoms with Crippen LogP contribution in [0.15, 0.2) is 30.6 Å². The average Bonchev–Trinajstić information content (AvgIpc) is 2.96. The number of halogens is 2. The van der Waals surface area contributed by atoms with Crippen LogP contribution in [0.3, 0.4) is 0 Å². The lowest BCUT2D eigenvalue weighted by molar-refractivity contribution is -0.120. The fraction of sp³-hybridized carbons (Fsp3) is 0.286. The normalized spacial score (nSPS) is 13.9. The molecule has 1 aromatic carbocycles. The molecule has 0 fully saturated rings. The second kappa shape index (κ2) is 5.73. The van der Waals surface area contributed by atoms with Gasteiger partial charge in [0.15, 0.2) is 6.61 Å². The standard InChI is InChI=1S/C14H13ClFN3O2/c15-11-8-10(2-3-12(11)16)21-9-13(20)19-6-1-5-18-7-4-17-14(18)19/h2-4,7-8H,1,5-6,9H2. The van der Waals surface area contributed by atoms with Gasteiger partial charge < -0.3 is 9.30 Å². The van der Waals surface area contributed by atoms with Crippen molar-refractivity contribution in [3.8, 4) is 5.75 Å². The molecule has 1 aromatic heterocycles. The summed E-state index contributed by atoms with van der Waals surface area (Å²) in [5.41, 5.74) is 0. The third kappa shape index (κ3) is 2.85. The maximum absolute atomic E-state index is 13.0. The van der Waals surface area contributed by atoms with Gasteiger partial charge in [0, 0.05) is 31.5 Å². The maximum atomic E-state index is 13.0. The molecule has 110 valence electrons. The van der Waals surface area contributed by atoms with Crippen molar-refractivity contribution in [3.05, 3.63) is 41.4 Å². The summed E-state index contributed by atoms with van der Waals surface area (Å²) in [5.74, 6) is 0.276. The van der Waals surface area contributed by atoms with E-state index in [1.807, 2.05) is 10.8 Å². The molecule has 3 rings (SSSR count). The number of aryl methyl sites for hydroxylation is 1. The van der Waals surface area contributed by atoms with E-state index in [1.54, 1.807) is 11.1 Å². The molecule has 0 saturated heterocycles. The molecule has 0 N–H and O–H groups in total. The fourth-order valence-corrected chi connectivity index (χ4v) is 2.42. The zero-order valence-electron chi connectivity index (χ0n) is 11.1. The zero-order chi connectivity index (χ0) is 14.8. The molecular weight excluding hydrogens is 297 g/mol. The Kier molecular flexibility index (Phi) is 3.79. The minimum atomic E-state index is -0.520. The first-order chi connectivity index (χ1) is 10.1. The first-order valence-electron chi connectivity index (χ1n) is 6.54. The van der Waals surface area contributed by atoms with E-state index < -0.39 is 5.82 Å². The second-order valence-corrected chi connectivity index (χ2v) is 5.09. The van der Waals surface area contributed by atoms with Gasteiger partial charge in [-0.05, 0) is 18.6 Å². The number of carbonyl (C=O) groups is 1. The van der Waals surface area contributed by atoms with Crippen molar-refractivity contribution in [1.29, 1.82) is 0 Å². The highest BCUT2D eigenvalue weighted by molar-refractivity contribution is 6.30. The fourth-order valence-electron chi connectivity index (χ4n) is 2.25. The van der Waals surface area contributed by atoms with E-state index in [0.717, 1.165) is 13.0 Å². The summed E-state index contributed by atoms with van der Waals surface area (Å²) in [6.45, 7) is 1.33. The lowest BCUT2D eigenvalue weighted by Gasteiger charge is -2.27. The summed E-state index contributed by atoms with van der Waals surface area (Å²) in [7, 11) is 0. The molecule has 1 aliphatic heterocycles. The molecule has 0 atom stereocenters. The van der Waals surface area contributed by atoms with E-state index in [9.17, 15) is 9.18 Å². The van der Waals surface area contributed by atoms with Crippen LogP contribution in [0.2, 0.25) is 5.02 Å². The topological polar surface area (TPSA) is 47.4 Å². The smallest absolute Gasteiger partial charge is 0.267 e. The van der Waals surface area contributed by atoms with Gasteiger partial charge in [-0.3, -0.25) is 9.69 Å². The number of rotatable bonds is 3. The number of fused-ring (bicyclic) bond motifs is 1. The molecule has 0 aliphatic carbocycles. The molecule has 0 unspecified atom stereocenters. The summed E-state index contributed by atoms with van der Waals surface area (Å²) in [6, 6.07) is 3.99. The Morgan fingerprint density at radius 1 is 1.43 bits per heavy atom. The lowest BCUT2D eigenvalue weighted by atomic mass is 10.3. The second-order valence-electron chi connectivity index (χ2n) is 4.68. The lowest BCUT2D eigenvalue weighted by Crippen LogP contribution is -2.40. The van der Waals surface area contributed by atoms with Gasteiger partial charge in [0.2, 0.25) is 5.95 Å². The highest BCUT2D eigenvalue weighted by atomic mass is 35.5. The van der Waals surface area contributed by atoms with Crippen molar-refractivity contribution >= 4 is 23.5 Å². The van der Waals surface area contributed by atoms with Crippen LogP contribution in [0.25, 0.3) is 0 Å².